The van der Waals surface area contributed by atoms with Crippen LogP contribution in [0.2, 0.25) is 0 Å². The van der Waals surface area contributed by atoms with E-state index in [1.165, 1.54) is 12.8 Å². The van der Waals surface area contributed by atoms with Crippen molar-refractivity contribution < 1.29 is 34.2 Å². The molecule has 0 saturated carbocycles. The molecule has 0 unspecified atom stereocenters. The Morgan fingerprint density at radius 3 is 2.08 bits per heavy atom. The first-order valence-corrected chi connectivity index (χ1v) is 21.1. The summed E-state index contributed by atoms with van der Waals surface area (Å²) in [5, 5.41) is 16.9. The number of aliphatic hydroxyl groups excluding tert-OH is 1. The van der Waals surface area contributed by atoms with Crippen LogP contribution in [0.5, 0.6) is 0 Å². The molecule has 0 aromatic carbocycles. The number of nitrogens with one attached hydrogen (secondary N) is 1. The minimum absolute atomic E-state index is 0.0808. The number of aliphatic imine (C=N–C) groups is 2. The summed E-state index contributed by atoms with van der Waals surface area (Å²) in [6.45, 7) is 0.428. The predicted octanol–water partition coefficient (Wildman–Crippen LogP) is 5.81. The van der Waals surface area contributed by atoms with Crippen LogP contribution in [0.4, 0.5) is 4.79 Å². The molecule has 218 valence electrons. The zero-order valence-electron chi connectivity index (χ0n) is 20.5. The molecule has 0 heterocycles. The Morgan fingerprint density at radius 1 is 0.784 bits per heavy atom. The van der Waals surface area contributed by atoms with Crippen LogP contribution in [0.15, 0.2) is 9.98 Å². The van der Waals surface area contributed by atoms with Gasteiger partial charge in [-0.25, -0.2) is 14.8 Å². The lowest BCUT2D eigenvalue weighted by Crippen LogP contribution is -2.23. The monoisotopic (exact) mass is 693 g/mol. The van der Waals surface area contributed by atoms with E-state index in [0.29, 0.717) is 42.5 Å². The van der Waals surface area contributed by atoms with Gasteiger partial charge in [-0.3, -0.25) is 0 Å². The van der Waals surface area contributed by atoms with Crippen LogP contribution in [0.1, 0.15) is 6.42 Å². The molecule has 0 saturated heterocycles. The van der Waals surface area contributed by atoms with E-state index in [1.54, 1.807) is 70.6 Å². The molecular formula is C18H35N3O7S9. The van der Waals surface area contributed by atoms with Gasteiger partial charge < -0.3 is 24.9 Å². The van der Waals surface area contributed by atoms with Crippen LogP contribution >= 0.6 is 106 Å². The molecule has 2 N–H and O–H groups in total. The SMILES string of the molecule is CSC/N=C\OOCSCSCSCSCOC(=O)NCSCSCSCSC/N=C\OOCCCO. The second-order valence-electron chi connectivity index (χ2n) is 5.66. The van der Waals surface area contributed by atoms with Crippen molar-refractivity contribution in [2.24, 2.45) is 9.98 Å². The zero-order valence-corrected chi connectivity index (χ0v) is 27.9. The van der Waals surface area contributed by atoms with Crippen LogP contribution < -0.4 is 5.32 Å². The van der Waals surface area contributed by atoms with E-state index in [4.69, 9.17) is 29.4 Å². The van der Waals surface area contributed by atoms with Crippen molar-refractivity contribution in [1.29, 1.82) is 0 Å². The Morgan fingerprint density at radius 2 is 1.38 bits per heavy atom. The highest BCUT2D eigenvalue weighted by molar-refractivity contribution is 8.26. The maximum Gasteiger partial charge on any atom is 0.408 e. The van der Waals surface area contributed by atoms with Gasteiger partial charge in [-0.2, -0.15) is 9.78 Å². The van der Waals surface area contributed by atoms with Gasteiger partial charge in [0.25, 0.3) is 0 Å². The second-order valence-corrected chi connectivity index (χ2v) is 16.4. The molecule has 0 radical (unpaired) electrons. The molecule has 0 aliphatic rings. The van der Waals surface area contributed by atoms with E-state index < -0.39 is 0 Å². The molecule has 0 aliphatic heterocycles. The molecule has 1 amide bonds. The average molecular weight is 694 g/mol. The first-order chi connectivity index (χ1) is 18.3. The summed E-state index contributed by atoms with van der Waals surface area (Å²) >= 11 is 15.4. The van der Waals surface area contributed by atoms with Gasteiger partial charge >= 0.3 is 6.09 Å². The first kappa shape index (κ1) is 38.2. The second kappa shape index (κ2) is 35.3. The average Bonchev–Trinajstić information content (AvgIpc) is 2.90. The number of alkyl carbamates (subject to hydrolysis) is 1. The molecule has 19 heteroatoms. The fourth-order valence-corrected chi connectivity index (χ4v) is 9.89. The maximum absolute atomic E-state index is 11.7. The van der Waals surface area contributed by atoms with Crippen LogP contribution in [0.3, 0.4) is 0 Å². The van der Waals surface area contributed by atoms with Gasteiger partial charge in [0.05, 0.1) is 24.2 Å². The lowest BCUT2D eigenvalue weighted by atomic mass is 10.5. The van der Waals surface area contributed by atoms with E-state index in [-0.39, 0.29) is 12.7 Å². The molecule has 0 rings (SSSR count). The van der Waals surface area contributed by atoms with Crippen LogP contribution in [0, 0.1) is 0 Å². The number of ether oxygens (including phenoxy) is 1. The molecule has 10 nitrogen and oxygen atoms in total. The fraction of sp³-hybridized carbons (Fsp3) is 0.833. The van der Waals surface area contributed by atoms with Crippen molar-refractivity contribution in [3.63, 3.8) is 0 Å². The summed E-state index contributed by atoms with van der Waals surface area (Å²) in [5.41, 5.74) is 0. The number of carbonyl (C=O) groups excluding carboxylic acids is 1. The van der Waals surface area contributed by atoms with E-state index in [0.717, 1.165) is 30.5 Å². The van der Waals surface area contributed by atoms with E-state index in [1.807, 2.05) is 41.5 Å². The summed E-state index contributed by atoms with van der Waals surface area (Å²) < 4.78 is 5.15. The number of aliphatic hydroxyl groups is 1. The number of thioether (sulfide) groups is 9. The van der Waals surface area contributed by atoms with Crippen molar-refractivity contribution in [3.8, 4) is 0 Å². The minimum atomic E-state index is -0.379. The molecule has 0 atom stereocenters. The van der Waals surface area contributed by atoms with Gasteiger partial charge in [-0.15, -0.1) is 106 Å². The Kier molecular flexibility index (Phi) is 36.4. The lowest BCUT2D eigenvalue weighted by molar-refractivity contribution is -0.217. The van der Waals surface area contributed by atoms with E-state index >= 15 is 0 Å². The van der Waals surface area contributed by atoms with Crippen molar-refractivity contribution in [1.82, 2.24) is 5.32 Å². The Balaban J connectivity index is 3.20. The third-order valence-electron chi connectivity index (χ3n) is 2.85. The number of rotatable bonds is 29. The zero-order chi connectivity index (χ0) is 26.9. The first-order valence-electron chi connectivity index (χ1n) is 10.5. The standard InChI is InChI=1S/C18H35N3O7S9/c1-29-7-19-5-27-28-11-33-15-37-17-36-14-32-10-24-18(23)21-9-31-13-35-16-34-12-30-8-20-6-26-25-4-2-3-22/h5-6,22H,2-4,7-17H2,1H3,(H,21,23)/b19-5-,20-6-. The minimum Gasteiger partial charge on any atom is -0.438 e. The van der Waals surface area contributed by atoms with Gasteiger partial charge in [0.15, 0.2) is 0 Å². The van der Waals surface area contributed by atoms with Gasteiger partial charge in [-0.05, 0) is 12.7 Å². The van der Waals surface area contributed by atoms with E-state index in [2.05, 4.69) is 15.3 Å². The predicted molar refractivity (Wildman–Crippen MR) is 175 cm³/mol. The van der Waals surface area contributed by atoms with Crippen molar-refractivity contribution in [2.75, 3.05) is 79.5 Å². The fourth-order valence-electron chi connectivity index (χ4n) is 1.44. The van der Waals surface area contributed by atoms with Crippen LogP contribution in [0.25, 0.3) is 0 Å². The van der Waals surface area contributed by atoms with Gasteiger partial charge in [0.1, 0.15) is 11.9 Å². The maximum atomic E-state index is 11.7. The lowest BCUT2D eigenvalue weighted by Gasteiger charge is -2.07. The third-order valence-corrected chi connectivity index (χ3v) is 12.5. The molecule has 0 fully saturated rings. The van der Waals surface area contributed by atoms with E-state index in [9.17, 15) is 4.79 Å². The van der Waals surface area contributed by atoms with Crippen molar-refractivity contribution >= 4 is 125 Å². The Labute approximate surface area is 258 Å². The topological polar surface area (TPSA) is 120 Å². The number of nitrogens with zero attached hydrogens (tertiary/aromatic N) is 2. The molecule has 0 aromatic rings. The number of hydrogen-bond donors (Lipinski definition) is 2. The number of carbonyl (C=O) groups is 1. The third kappa shape index (κ3) is 35.2. The summed E-state index contributed by atoms with van der Waals surface area (Å²) in [7, 11) is 0. The number of amides is 1. The summed E-state index contributed by atoms with van der Waals surface area (Å²) in [5.74, 6) is 2.62. The highest BCUT2D eigenvalue weighted by atomic mass is 32.3. The molecule has 0 aliphatic carbocycles. The Hall–Kier alpha value is 1.24. The normalized spacial score (nSPS) is 11.4. The highest BCUT2D eigenvalue weighted by Gasteiger charge is 2.01. The summed E-state index contributed by atoms with van der Waals surface area (Å²) in [6, 6.07) is 0. The van der Waals surface area contributed by atoms with Crippen molar-refractivity contribution in [2.45, 2.75) is 6.42 Å². The number of hydrogen-bond acceptors (Lipinski definition) is 18. The summed E-state index contributed by atoms with van der Waals surface area (Å²) in [6.07, 6.45) is 4.72. The summed E-state index contributed by atoms with van der Waals surface area (Å²) in [4.78, 5) is 38.9. The van der Waals surface area contributed by atoms with Gasteiger partial charge in [0.2, 0.25) is 12.8 Å². The molecule has 0 aromatic heterocycles. The van der Waals surface area contributed by atoms with Gasteiger partial charge in [0, 0.05) is 37.1 Å². The van der Waals surface area contributed by atoms with Crippen molar-refractivity contribution in [3.05, 3.63) is 0 Å². The smallest absolute Gasteiger partial charge is 0.408 e. The molecular weight excluding hydrogens is 659 g/mol. The Bertz CT molecular complexity index is 547. The highest BCUT2D eigenvalue weighted by Crippen LogP contribution is 2.22. The molecule has 0 spiro atoms. The molecule has 37 heavy (non-hydrogen) atoms. The quantitative estimate of drug-likeness (QED) is 0.0245. The molecule has 0 bridgehead atoms. The van der Waals surface area contributed by atoms with Crippen LogP contribution in [-0.4, -0.2) is 103 Å². The largest absolute Gasteiger partial charge is 0.438 e. The van der Waals surface area contributed by atoms with Crippen LogP contribution in [-0.2, 0) is 24.3 Å². The van der Waals surface area contributed by atoms with Gasteiger partial charge in [-0.1, -0.05) is 0 Å².